The van der Waals surface area contributed by atoms with Gasteiger partial charge < -0.3 is 9.67 Å². The molecule has 4 nitrogen and oxygen atoms in total. The van der Waals surface area contributed by atoms with E-state index < -0.39 is 0 Å². The van der Waals surface area contributed by atoms with Crippen LogP contribution in [0.4, 0.5) is 0 Å². The minimum atomic E-state index is -0.125. The first-order valence-electron chi connectivity index (χ1n) is 10.8. The molecule has 0 aliphatic heterocycles. The molecule has 0 unspecified atom stereocenters. The summed E-state index contributed by atoms with van der Waals surface area (Å²) < 4.78 is 2.19. The molecule has 177 valence electrons. The van der Waals surface area contributed by atoms with Crippen molar-refractivity contribution in [2.24, 2.45) is 0 Å². The quantitative estimate of drug-likeness (QED) is 0.151. The van der Waals surface area contributed by atoms with E-state index in [4.69, 9.17) is 10.1 Å². The Bertz CT molecular complexity index is 1270. The minimum absolute atomic E-state index is 0. The van der Waals surface area contributed by atoms with Gasteiger partial charge in [-0.15, -0.1) is 29.8 Å². The largest absolute Gasteiger partial charge is 0.512 e. The van der Waals surface area contributed by atoms with Gasteiger partial charge >= 0.3 is 0 Å². The first kappa shape index (κ1) is 27.0. The van der Waals surface area contributed by atoms with E-state index in [-0.39, 0.29) is 31.6 Å². The Morgan fingerprint density at radius 1 is 0.941 bits per heavy atom. The molecule has 5 heteroatoms. The van der Waals surface area contributed by atoms with Crippen molar-refractivity contribution in [3.63, 3.8) is 0 Å². The number of carbonyl (C=O) groups excluding carboxylic acids is 1. The summed E-state index contributed by atoms with van der Waals surface area (Å²) in [6.45, 7) is 9.19. The van der Waals surface area contributed by atoms with Gasteiger partial charge in [0.05, 0.1) is 17.3 Å². The molecule has 0 spiro atoms. The zero-order chi connectivity index (χ0) is 24.0. The van der Waals surface area contributed by atoms with Crippen LogP contribution in [-0.4, -0.2) is 20.4 Å². The van der Waals surface area contributed by atoms with Crippen molar-refractivity contribution in [3.05, 3.63) is 108 Å². The monoisotopic (exact) mass is 630 g/mol. The number of rotatable bonds is 4. The predicted molar refractivity (Wildman–Crippen MR) is 135 cm³/mol. The smallest absolute Gasteiger partial charge is 0.155 e. The topological polar surface area (TPSA) is 55.1 Å². The first-order chi connectivity index (χ1) is 15.8. The van der Waals surface area contributed by atoms with E-state index in [1.165, 1.54) is 42.3 Å². The summed E-state index contributed by atoms with van der Waals surface area (Å²) in [7, 11) is 0. The maximum absolute atomic E-state index is 10.0. The minimum Gasteiger partial charge on any atom is -0.512 e. The van der Waals surface area contributed by atoms with E-state index in [0.717, 1.165) is 22.6 Å². The van der Waals surface area contributed by atoms with Gasteiger partial charge in [0.1, 0.15) is 0 Å². The Morgan fingerprint density at radius 3 is 2.15 bits per heavy atom. The molecule has 0 bridgehead atoms. The number of carbonyl (C=O) groups is 1. The summed E-state index contributed by atoms with van der Waals surface area (Å²) in [6.07, 6.45) is 3.29. The van der Waals surface area contributed by atoms with Gasteiger partial charge in [0.2, 0.25) is 0 Å². The van der Waals surface area contributed by atoms with Crippen molar-refractivity contribution in [2.45, 2.75) is 34.6 Å². The van der Waals surface area contributed by atoms with Gasteiger partial charge in [-0.2, -0.15) is 0 Å². The molecule has 0 fully saturated rings. The number of hydrogen-bond acceptors (Lipinski definition) is 3. The number of allylic oxidation sites excluding steroid dienone is 2. The van der Waals surface area contributed by atoms with E-state index in [2.05, 4.69) is 86.1 Å². The van der Waals surface area contributed by atoms with Gasteiger partial charge in [0, 0.05) is 31.9 Å². The van der Waals surface area contributed by atoms with Crippen molar-refractivity contribution < 1.29 is 30.0 Å². The number of ketones is 1. The van der Waals surface area contributed by atoms with Crippen LogP contribution in [0.25, 0.3) is 28.1 Å². The molecule has 0 saturated heterocycles. The second kappa shape index (κ2) is 12.3. The Hall–Kier alpha value is -3.27. The van der Waals surface area contributed by atoms with Crippen molar-refractivity contribution in [1.82, 2.24) is 9.55 Å². The molecular weight excluding hydrogens is 601 g/mol. The fourth-order valence-electron chi connectivity index (χ4n) is 3.81. The SMILES string of the molecule is CC(=O)/C=C(/C)O.Cc1cccc(C)c1-n1cc(-c2[c-]cccc2-c2ccccc2)nc1C.[Ir]. The molecule has 3 aromatic carbocycles. The third-order valence-corrected chi connectivity index (χ3v) is 5.17. The van der Waals surface area contributed by atoms with E-state index in [1.807, 2.05) is 18.2 Å². The molecule has 0 saturated carbocycles. The van der Waals surface area contributed by atoms with Crippen molar-refractivity contribution in [3.8, 4) is 28.1 Å². The number of para-hydroxylation sites is 1. The standard InChI is InChI=1S/C24H21N2.C5H8O2.Ir/c1-17-10-9-11-18(2)24(17)26-16-23(25-19(26)3)22-15-8-7-14-21(22)20-12-5-4-6-13-20;1-4(6)3-5(2)7;/h4-14,16H,1-3H3;3,6H,1-2H3;/q-1;;/b;4-3-;. The van der Waals surface area contributed by atoms with Gasteiger partial charge in [-0.1, -0.05) is 59.7 Å². The summed E-state index contributed by atoms with van der Waals surface area (Å²) in [5, 5.41) is 8.36. The molecule has 1 heterocycles. The van der Waals surface area contributed by atoms with Crippen LogP contribution < -0.4 is 0 Å². The fourth-order valence-corrected chi connectivity index (χ4v) is 3.81. The van der Waals surface area contributed by atoms with Crippen LogP contribution in [0, 0.1) is 26.8 Å². The summed E-state index contributed by atoms with van der Waals surface area (Å²) >= 11 is 0. The normalized spacial score (nSPS) is 10.7. The van der Waals surface area contributed by atoms with Crippen LogP contribution in [-0.2, 0) is 24.9 Å². The molecule has 0 atom stereocenters. The molecule has 1 aromatic heterocycles. The van der Waals surface area contributed by atoms with Crippen LogP contribution in [0.5, 0.6) is 0 Å². The van der Waals surface area contributed by atoms with E-state index in [1.54, 1.807) is 0 Å². The van der Waals surface area contributed by atoms with Crippen LogP contribution in [0.1, 0.15) is 30.8 Å². The Kier molecular flexibility index (Phi) is 9.73. The predicted octanol–water partition coefficient (Wildman–Crippen LogP) is 6.97. The van der Waals surface area contributed by atoms with Crippen LogP contribution in [0.15, 0.2) is 84.8 Å². The van der Waals surface area contributed by atoms with Crippen molar-refractivity contribution in [2.75, 3.05) is 0 Å². The second-order valence-corrected chi connectivity index (χ2v) is 8.00. The third-order valence-electron chi connectivity index (χ3n) is 5.17. The summed E-state index contributed by atoms with van der Waals surface area (Å²) in [4.78, 5) is 14.9. The molecule has 0 aliphatic rings. The average Bonchev–Trinajstić information content (AvgIpc) is 3.15. The Balaban J connectivity index is 0.000000449. The van der Waals surface area contributed by atoms with Gasteiger partial charge in [0.25, 0.3) is 0 Å². The molecule has 4 rings (SSSR count). The van der Waals surface area contributed by atoms with Gasteiger partial charge in [-0.3, -0.25) is 9.78 Å². The van der Waals surface area contributed by atoms with E-state index >= 15 is 0 Å². The van der Waals surface area contributed by atoms with Gasteiger partial charge in [-0.25, -0.2) is 0 Å². The fraction of sp³-hybridized carbons (Fsp3) is 0.172. The van der Waals surface area contributed by atoms with Crippen LogP contribution in [0.3, 0.4) is 0 Å². The second-order valence-electron chi connectivity index (χ2n) is 8.00. The summed E-state index contributed by atoms with van der Waals surface area (Å²) in [5.74, 6) is 0.918. The van der Waals surface area contributed by atoms with Crippen LogP contribution in [0.2, 0.25) is 0 Å². The number of benzene rings is 3. The molecule has 1 N–H and O–H groups in total. The van der Waals surface area contributed by atoms with Crippen molar-refractivity contribution in [1.29, 1.82) is 0 Å². The number of aromatic nitrogens is 2. The Morgan fingerprint density at radius 2 is 1.59 bits per heavy atom. The number of aliphatic hydroxyl groups is 1. The molecule has 0 amide bonds. The molecule has 0 aliphatic carbocycles. The molecule has 34 heavy (non-hydrogen) atoms. The Labute approximate surface area is 215 Å². The van der Waals surface area contributed by atoms with Crippen LogP contribution >= 0.6 is 0 Å². The van der Waals surface area contributed by atoms with E-state index in [0.29, 0.717) is 0 Å². The maximum Gasteiger partial charge on any atom is 0.155 e. The number of aryl methyl sites for hydroxylation is 3. The zero-order valence-corrected chi connectivity index (χ0v) is 22.5. The molecule has 1 radical (unpaired) electrons. The number of nitrogens with zero attached hydrogens (tertiary/aromatic N) is 2. The van der Waals surface area contributed by atoms with E-state index in [9.17, 15) is 4.79 Å². The van der Waals surface area contributed by atoms with Gasteiger partial charge in [-0.05, 0) is 51.9 Å². The first-order valence-corrected chi connectivity index (χ1v) is 10.8. The van der Waals surface area contributed by atoms with Crippen molar-refractivity contribution >= 4 is 5.78 Å². The maximum atomic E-state index is 10.0. The average molecular weight is 630 g/mol. The summed E-state index contributed by atoms with van der Waals surface area (Å²) in [5.41, 5.74) is 8.02. The molecule has 4 aromatic rings. The van der Waals surface area contributed by atoms with Gasteiger partial charge in [0.15, 0.2) is 5.78 Å². The number of imidazole rings is 1. The number of aliphatic hydroxyl groups excluding tert-OH is 1. The third kappa shape index (κ3) is 6.63. The number of hydrogen-bond donors (Lipinski definition) is 1. The molecular formula is C29H29IrN2O2-. The summed E-state index contributed by atoms with van der Waals surface area (Å²) in [6, 6.07) is 26.3. The zero-order valence-electron chi connectivity index (χ0n) is 20.1.